The third-order valence-corrected chi connectivity index (χ3v) is 4.95. The van der Waals surface area contributed by atoms with Gasteiger partial charge in [0.1, 0.15) is 0 Å². The first kappa shape index (κ1) is 18.1. The lowest BCUT2D eigenvalue weighted by Crippen LogP contribution is -2.13. The maximum Gasteiger partial charge on any atom is 0.511 e. The number of nitrogens with zero attached hydrogens (tertiary/aromatic N) is 3. The van der Waals surface area contributed by atoms with E-state index in [-0.39, 0.29) is 17.3 Å². The molecular weight excluding hydrogens is 404 g/mol. The molecule has 0 aliphatic carbocycles. The van der Waals surface area contributed by atoms with Gasteiger partial charge in [0.05, 0.1) is 23.3 Å². The summed E-state index contributed by atoms with van der Waals surface area (Å²) in [4.78, 5) is 31.9. The van der Waals surface area contributed by atoms with Crippen LogP contribution in [0.15, 0.2) is 69.4 Å². The van der Waals surface area contributed by atoms with Gasteiger partial charge < -0.3 is 9.84 Å². The molecule has 140 valence electrons. The molecule has 2 aromatic carbocycles. The zero-order valence-corrected chi connectivity index (χ0v) is 15.6. The van der Waals surface area contributed by atoms with Gasteiger partial charge in [-0.25, -0.2) is 14.5 Å². The Morgan fingerprint density at radius 1 is 1.18 bits per heavy atom. The van der Waals surface area contributed by atoms with E-state index in [1.807, 2.05) is 18.2 Å². The molecule has 0 unspecified atom stereocenters. The number of halogens is 1. The normalized spacial score (nSPS) is 10.9. The Hall–Kier alpha value is -3.30. The zero-order valence-electron chi connectivity index (χ0n) is 14.0. The molecule has 0 saturated carbocycles. The second-order valence-electron chi connectivity index (χ2n) is 5.61. The first-order valence-corrected chi connectivity index (χ1v) is 9.11. The molecule has 4 aromatic rings. The monoisotopic (exact) mass is 414 g/mol. The molecule has 2 aromatic heterocycles. The van der Waals surface area contributed by atoms with Crippen molar-refractivity contribution in [3.63, 3.8) is 0 Å². The number of benzene rings is 2. The van der Waals surface area contributed by atoms with Crippen molar-refractivity contribution < 1.29 is 14.6 Å². The predicted octanol–water partition coefficient (Wildman–Crippen LogP) is 3.97. The summed E-state index contributed by atoms with van der Waals surface area (Å²) in [6.07, 6.45) is 1.07. The van der Waals surface area contributed by atoms with E-state index >= 15 is 0 Å². The van der Waals surface area contributed by atoms with Crippen molar-refractivity contribution in [2.24, 2.45) is 0 Å². The molecule has 28 heavy (non-hydrogen) atoms. The summed E-state index contributed by atoms with van der Waals surface area (Å²) in [6.45, 7) is 0. The maximum absolute atomic E-state index is 12.4. The van der Waals surface area contributed by atoms with Gasteiger partial charge in [-0.2, -0.15) is 5.10 Å². The van der Waals surface area contributed by atoms with E-state index in [0.717, 1.165) is 9.79 Å². The molecule has 0 aliphatic rings. The average Bonchev–Trinajstić information content (AvgIpc) is 3.11. The fourth-order valence-electron chi connectivity index (χ4n) is 2.49. The Morgan fingerprint density at radius 3 is 2.68 bits per heavy atom. The smallest absolute Gasteiger partial charge is 0.449 e. The highest BCUT2D eigenvalue weighted by molar-refractivity contribution is 7.99. The molecule has 8 nitrogen and oxygen atoms in total. The van der Waals surface area contributed by atoms with Crippen LogP contribution in [0.5, 0.6) is 5.75 Å². The summed E-state index contributed by atoms with van der Waals surface area (Å²) < 4.78 is 5.76. The lowest BCUT2D eigenvalue weighted by atomic mass is 10.2. The molecule has 0 aliphatic heterocycles. The molecule has 0 saturated heterocycles. The molecule has 4 rings (SSSR count). The quantitative estimate of drug-likeness (QED) is 0.486. The minimum atomic E-state index is -1.46. The number of carbonyl (C=O) groups is 1. The van der Waals surface area contributed by atoms with E-state index < -0.39 is 6.16 Å². The van der Waals surface area contributed by atoms with Crippen molar-refractivity contribution in [3.05, 3.63) is 70.2 Å². The molecule has 0 atom stereocenters. The predicted molar refractivity (Wildman–Crippen MR) is 104 cm³/mol. The van der Waals surface area contributed by atoms with Crippen LogP contribution in [0.3, 0.4) is 0 Å². The minimum Gasteiger partial charge on any atom is -0.449 e. The van der Waals surface area contributed by atoms with E-state index in [4.69, 9.17) is 16.7 Å². The molecule has 2 heterocycles. The summed E-state index contributed by atoms with van der Waals surface area (Å²) in [7, 11) is 0. The van der Waals surface area contributed by atoms with Crippen LogP contribution in [0.1, 0.15) is 0 Å². The lowest BCUT2D eigenvalue weighted by molar-refractivity contribution is 0.144. The number of ether oxygens (including phenoxy) is 1. The molecule has 0 amide bonds. The van der Waals surface area contributed by atoms with Crippen molar-refractivity contribution in [1.82, 2.24) is 19.7 Å². The molecule has 2 N–H and O–H groups in total. The van der Waals surface area contributed by atoms with E-state index in [9.17, 15) is 9.59 Å². The molecule has 0 spiro atoms. The Morgan fingerprint density at radius 2 is 1.93 bits per heavy atom. The Labute approximate surface area is 166 Å². The molecule has 0 bridgehead atoms. The SMILES string of the molecule is O=C(O)Oc1cnn(-c2nc3cc(Sc4ccc(Cl)cc4)ccc3c(=O)[nH]2)c1. The van der Waals surface area contributed by atoms with Crippen molar-refractivity contribution in [2.45, 2.75) is 9.79 Å². The van der Waals surface area contributed by atoms with E-state index in [1.165, 1.54) is 28.8 Å². The number of hydrogen-bond acceptors (Lipinski definition) is 6. The molecule has 0 radical (unpaired) electrons. The largest absolute Gasteiger partial charge is 0.511 e. The van der Waals surface area contributed by atoms with Crippen LogP contribution in [0.2, 0.25) is 5.02 Å². The van der Waals surface area contributed by atoms with Crippen LogP contribution >= 0.6 is 23.4 Å². The third-order valence-electron chi connectivity index (χ3n) is 3.70. The summed E-state index contributed by atoms with van der Waals surface area (Å²) >= 11 is 7.42. The summed E-state index contributed by atoms with van der Waals surface area (Å²) in [5.41, 5.74) is 0.146. The van der Waals surface area contributed by atoms with Gasteiger partial charge in [-0.15, -0.1) is 0 Å². The van der Waals surface area contributed by atoms with Crippen LogP contribution < -0.4 is 10.3 Å². The molecular formula is C18H11ClN4O4S. The van der Waals surface area contributed by atoms with Crippen LogP contribution in [0.25, 0.3) is 16.9 Å². The second-order valence-corrected chi connectivity index (χ2v) is 7.20. The van der Waals surface area contributed by atoms with Gasteiger partial charge >= 0.3 is 6.16 Å². The zero-order chi connectivity index (χ0) is 19.7. The Bertz CT molecular complexity index is 1240. The van der Waals surface area contributed by atoms with Crippen LogP contribution in [-0.2, 0) is 0 Å². The van der Waals surface area contributed by atoms with E-state index in [1.54, 1.807) is 24.3 Å². The fraction of sp³-hybridized carbons (Fsp3) is 0. The second kappa shape index (κ2) is 7.37. The van der Waals surface area contributed by atoms with Gasteiger partial charge in [0.2, 0.25) is 5.95 Å². The number of aromatic nitrogens is 4. The fourth-order valence-corrected chi connectivity index (χ4v) is 3.47. The van der Waals surface area contributed by atoms with Crippen molar-refractivity contribution in [3.8, 4) is 11.7 Å². The number of rotatable bonds is 4. The third kappa shape index (κ3) is 3.85. The topological polar surface area (TPSA) is 110 Å². The summed E-state index contributed by atoms with van der Waals surface area (Å²) in [5.74, 6) is 0.161. The number of H-pyrrole nitrogens is 1. The maximum atomic E-state index is 12.4. The van der Waals surface area contributed by atoms with Gasteiger partial charge in [0.15, 0.2) is 5.75 Å². The number of aromatic amines is 1. The van der Waals surface area contributed by atoms with Crippen LogP contribution in [0.4, 0.5) is 4.79 Å². The highest BCUT2D eigenvalue weighted by Gasteiger charge is 2.10. The minimum absolute atomic E-state index is 0.0160. The Kier molecular flexibility index (Phi) is 4.76. The first-order valence-electron chi connectivity index (χ1n) is 7.91. The van der Waals surface area contributed by atoms with Gasteiger partial charge in [0.25, 0.3) is 5.56 Å². The van der Waals surface area contributed by atoms with E-state index in [2.05, 4.69) is 19.8 Å². The van der Waals surface area contributed by atoms with Crippen molar-refractivity contribution >= 4 is 40.4 Å². The molecule has 0 fully saturated rings. The highest BCUT2D eigenvalue weighted by Crippen LogP contribution is 2.30. The van der Waals surface area contributed by atoms with Crippen molar-refractivity contribution in [1.29, 1.82) is 0 Å². The van der Waals surface area contributed by atoms with Gasteiger partial charge in [0, 0.05) is 14.8 Å². The van der Waals surface area contributed by atoms with Crippen LogP contribution in [-0.4, -0.2) is 31.0 Å². The first-order chi connectivity index (χ1) is 13.5. The number of hydrogen-bond donors (Lipinski definition) is 2. The average molecular weight is 415 g/mol. The lowest BCUT2D eigenvalue weighted by Gasteiger charge is -2.05. The van der Waals surface area contributed by atoms with Gasteiger partial charge in [-0.1, -0.05) is 23.4 Å². The van der Waals surface area contributed by atoms with Gasteiger partial charge in [-0.3, -0.25) is 9.78 Å². The van der Waals surface area contributed by atoms with Crippen LogP contribution in [0, 0.1) is 0 Å². The molecule has 10 heteroatoms. The highest BCUT2D eigenvalue weighted by atomic mass is 35.5. The number of nitrogens with one attached hydrogen (secondary N) is 1. The standard InChI is InChI=1S/C18H11ClN4O4S/c19-10-1-3-12(4-2-10)28-13-5-6-14-15(7-13)21-17(22-16(14)24)23-9-11(8-20-23)27-18(25)26/h1-9H,(H,25,26)(H,21,22,24). The van der Waals surface area contributed by atoms with Gasteiger partial charge in [-0.05, 0) is 42.5 Å². The van der Waals surface area contributed by atoms with Crippen molar-refractivity contribution in [2.75, 3.05) is 0 Å². The number of carboxylic acid groups (broad SMARTS) is 1. The summed E-state index contributed by atoms with van der Waals surface area (Å²) in [5, 5.41) is 13.7. The summed E-state index contributed by atoms with van der Waals surface area (Å²) in [6, 6.07) is 12.8. The number of fused-ring (bicyclic) bond motifs is 1. The Balaban J connectivity index is 1.70. The van der Waals surface area contributed by atoms with E-state index in [0.29, 0.717) is 15.9 Å².